The second-order valence-corrected chi connectivity index (χ2v) is 5.04. The van der Waals surface area contributed by atoms with E-state index in [9.17, 15) is 0 Å². The van der Waals surface area contributed by atoms with E-state index in [1.165, 1.54) is 0 Å². The van der Waals surface area contributed by atoms with Crippen molar-refractivity contribution in [1.82, 2.24) is 14.5 Å². The van der Waals surface area contributed by atoms with Gasteiger partial charge in [0.2, 0.25) is 0 Å². The first-order valence-electron chi connectivity index (χ1n) is 5.65. The summed E-state index contributed by atoms with van der Waals surface area (Å²) in [5.41, 5.74) is 1.98. The van der Waals surface area contributed by atoms with Gasteiger partial charge in [-0.3, -0.25) is 4.57 Å². The van der Waals surface area contributed by atoms with Crippen LogP contribution in [-0.2, 0) is 0 Å². The van der Waals surface area contributed by atoms with E-state index in [1.807, 2.05) is 18.3 Å². The molecule has 1 unspecified atom stereocenters. The van der Waals surface area contributed by atoms with E-state index in [2.05, 4.69) is 35.3 Å². The molecule has 0 aliphatic rings. The lowest BCUT2D eigenvalue weighted by Crippen LogP contribution is -2.08. The summed E-state index contributed by atoms with van der Waals surface area (Å²) in [5, 5.41) is 0. The summed E-state index contributed by atoms with van der Waals surface area (Å²) in [4.78, 5) is 7.59. The minimum atomic E-state index is 0.385. The topological polar surface area (TPSA) is 33.6 Å². The summed E-state index contributed by atoms with van der Waals surface area (Å²) in [5.74, 6) is 0.658. The fraction of sp³-hybridized carbons (Fsp3) is 0.500. The molecule has 3 nitrogen and oxygen atoms in total. The maximum absolute atomic E-state index is 5.35. The minimum Gasteiger partial charge on any atom is -0.329 e. The first-order valence-corrected chi connectivity index (χ1v) is 6.05. The molecule has 0 amide bonds. The summed E-state index contributed by atoms with van der Waals surface area (Å²) in [6, 6.07) is 4.32. The second-order valence-electron chi connectivity index (χ2n) is 4.65. The van der Waals surface area contributed by atoms with Crippen molar-refractivity contribution >= 4 is 23.4 Å². The van der Waals surface area contributed by atoms with Crippen LogP contribution in [0.25, 0.3) is 11.2 Å². The van der Waals surface area contributed by atoms with Crippen LogP contribution in [0.4, 0.5) is 0 Å². The van der Waals surface area contributed by atoms with Crippen LogP contribution in [0.1, 0.15) is 33.2 Å². The number of rotatable bonds is 3. The Morgan fingerprint density at radius 1 is 1.44 bits per heavy atom. The third-order valence-electron chi connectivity index (χ3n) is 2.73. The molecule has 0 radical (unpaired) electrons. The summed E-state index contributed by atoms with van der Waals surface area (Å²) in [6.07, 6.45) is 2.92. The predicted octanol–water partition coefficient (Wildman–Crippen LogP) is 3.70. The van der Waals surface area contributed by atoms with Crippen molar-refractivity contribution < 1.29 is 0 Å². The van der Waals surface area contributed by atoms with E-state index in [4.69, 9.17) is 12.2 Å². The van der Waals surface area contributed by atoms with Crippen LogP contribution >= 0.6 is 12.2 Å². The number of H-pyrrole nitrogens is 1. The van der Waals surface area contributed by atoms with Gasteiger partial charge in [0, 0.05) is 12.2 Å². The van der Waals surface area contributed by atoms with Gasteiger partial charge >= 0.3 is 0 Å². The molecule has 1 atom stereocenters. The van der Waals surface area contributed by atoms with Crippen molar-refractivity contribution in [3.63, 3.8) is 0 Å². The third-order valence-corrected chi connectivity index (χ3v) is 3.03. The van der Waals surface area contributed by atoms with Crippen molar-refractivity contribution in [3.8, 4) is 0 Å². The first kappa shape index (κ1) is 11.3. The van der Waals surface area contributed by atoms with E-state index >= 15 is 0 Å². The Morgan fingerprint density at radius 3 is 2.88 bits per heavy atom. The van der Waals surface area contributed by atoms with Crippen molar-refractivity contribution in [2.75, 3.05) is 0 Å². The maximum Gasteiger partial charge on any atom is 0.179 e. The predicted molar refractivity (Wildman–Crippen MR) is 69.1 cm³/mol. The van der Waals surface area contributed by atoms with Gasteiger partial charge in [-0.15, -0.1) is 0 Å². The van der Waals surface area contributed by atoms with Crippen LogP contribution in [0.15, 0.2) is 18.3 Å². The molecular formula is C12H17N3S. The summed E-state index contributed by atoms with van der Waals surface area (Å²) >= 11 is 5.35. The molecule has 0 aliphatic heterocycles. The van der Waals surface area contributed by atoms with Gasteiger partial charge in [0.1, 0.15) is 0 Å². The van der Waals surface area contributed by atoms with E-state index < -0.39 is 0 Å². The van der Waals surface area contributed by atoms with Crippen LogP contribution < -0.4 is 0 Å². The third kappa shape index (κ3) is 2.02. The number of nitrogens with one attached hydrogen (secondary N) is 1. The Kier molecular flexibility index (Phi) is 3.10. The Bertz CT molecular complexity index is 538. The Balaban J connectivity index is 2.51. The van der Waals surface area contributed by atoms with Gasteiger partial charge in [0.25, 0.3) is 0 Å². The molecule has 2 heterocycles. The van der Waals surface area contributed by atoms with E-state index in [0.717, 1.165) is 22.4 Å². The molecule has 4 heteroatoms. The number of pyridine rings is 1. The van der Waals surface area contributed by atoms with Gasteiger partial charge in [-0.25, -0.2) is 4.98 Å². The molecule has 0 aromatic carbocycles. The average molecular weight is 235 g/mol. The fourth-order valence-electron chi connectivity index (χ4n) is 2.15. The van der Waals surface area contributed by atoms with Crippen molar-refractivity contribution in [2.24, 2.45) is 5.92 Å². The van der Waals surface area contributed by atoms with Crippen LogP contribution in [0, 0.1) is 10.7 Å². The molecule has 0 aliphatic carbocycles. The number of aromatic nitrogens is 3. The lowest BCUT2D eigenvalue weighted by molar-refractivity contribution is 0.431. The highest BCUT2D eigenvalue weighted by atomic mass is 32.1. The molecule has 1 N–H and O–H groups in total. The summed E-state index contributed by atoms with van der Waals surface area (Å²) in [6.45, 7) is 6.64. The largest absolute Gasteiger partial charge is 0.329 e. The number of nitrogens with zero attached hydrogens (tertiary/aromatic N) is 2. The molecule has 2 rings (SSSR count). The number of fused-ring (bicyclic) bond motifs is 1. The highest BCUT2D eigenvalue weighted by molar-refractivity contribution is 7.71. The highest BCUT2D eigenvalue weighted by Crippen LogP contribution is 2.22. The van der Waals surface area contributed by atoms with Gasteiger partial charge in [-0.05, 0) is 43.6 Å². The van der Waals surface area contributed by atoms with Crippen molar-refractivity contribution in [2.45, 2.75) is 33.2 Å². The normalized spacial score (nSPS) is 13.5. The van der Waals surface area contributed by atoms with Crippen LogP contribution in [0.5, 0.6) is 0 Å². The fourth-order valence-corrected chi connectivity index (χ4v) is 2.53. The smallest absolute Gasteiger partial charge is 0.179 e. The molecule has 86 valence electrons. The maximum atomic E-state index is 5.35. The summed E-state index contributed by atoms with van der Waals surface area (Å²) in [7, 11) is 0. The molecule has 0 saturated heterocycles. The van der Waals surface area contributed by atoms with Gasteiger partial charge in [-0.1, -0.05) is 13.8 Å². The number of hydrogen-bond acceptors (Lipinski definition) is 2. The minimum absolute atomic E-state index is 0.385. The van der Waals surface area contributed by atoms with E-state index in [1.54, 1.807) is 0 Å². The van der Waals surface area contributed by atoms with Crippen molar-refractivity contribution in [3.05, 3.63) is 23.1 Å². The molecule has 0 saturated carbocycles. The van der Waals surface area contributed by atoms with E-state index in [-0.39, 0.29) is 0 Å². The van der Waals surface area contributed by atoms with Crippen LogP contribution in [0.2, 0.25) is 0 Å². The van der Waals surface area contributed by atoms with Gasteiger partial charge in [0.05, 0.1) is 5.52 Å². The van der Waals surface area contributed by atoms with Crippen LogP contribution in [0.3, 0.4) is 0 Å². The Hall–Kier alpha value is -1.16. The zero-order chi connectivity index (χ0) is 11.7. The van der Waals surface area contributed by atoms with Gasteiger partial charge < -0.3 is 4.98 Å². The molecule has 16 heavy (non-hydrogen) atoms. The Morgan fingerprint density at radius 2 is 2.19 bits per heavy atom. The molecule has 2 aromatic rings. The first-order chi connectivity index (χ1) is 7.59. The van der Waals surface area contributed by atoms with Crippen molar-refractivity contribution in [1.29, 1.82) is 0 Å². The zero-order valence-electron chi connectivity index (χ0n) is 9.90. The molecule has 0 spiro atoms. The SMILES string of the molecule is CC(C)CC(C)n1c(=S)[nH]c2cccnc21. The molecular weight excluding hydrogens is 218 g/mol. The number of imidazole rings is 1. The molecule has 2 aromatic heterocycles. The number of aromatic amines is 1. The number of hydrogen-bond donors (Lipinski definition) is 1. The summed E-state index contributed by atoms with van der Waals surface area (Å²) < 4.78 is 2.88. The van der Waals surface area contributed by atoms with E-state index in [0.29, 0.717) is 12.0 Å². The van der Waals surface area contributed by atoms with Crippen LogP contribution in [-0.4, -0.2) is 14.5 Å². The lowest BCUT2D eigenvalue weighted by Gasteiger charge is -2.15. The average Bonchev–Trinajstić information content (AvgIpc) is 2.52. The standard InChI is InChI=1S/C12H17N3S/c1-8(2)7-9(3)15-11-10(14-12(15)16)5-4-6-13-11/h4-6,8-9H,7H2,1-3H3,(H,14,16). The highest BCUT2D eigenvalue weighted by Gasteiger charge is 2.12. The molecule has 0 fully saturated rings. The lowest BCUT2D eigenvalue weighted by atomic mass is 10.1. The quantitative estimate of drug-likeness (QED) is 0.823. The Labute approximate surface area is 101 Å². The monoisotopic (exact) mass is 235 g/mol. The molecule has 0 bridgehead atoms. The van der Waals surface area contributed by atoms with Gasteiger partial charge in [-0.2, -0.15) is 0 Å². The zero-order valence-corrected chi connectivity index (χ0v) is 10.7. The second kappa shape index (κ2) is 4.37. The van der Waals surface area contributed by atoms with Gasteiger partial charge in [0.15, 0.2) is 10.4 Å².